The van der Waals surface area contributed by atoms with Crippen LogP contribution in [0.3, 0.4) is 0 Å². The molecule has 0 saturated carbocycles. The minimum absolute atomic E-state index is 0.853. The van der Waals surface area contributed by atoms with E-state index in [0.29, 0.717) is 0 Å². The van der Waals surface area contributed by atoms with E-state index in [-0.39, 0.29) is 0 Å². The second-order valence-corrected chi connectivity index (χ2v) is 15.1. The minimum atomic E-state index is 0.853. The molecule has 4 aromatic heterocycles. The average molecular weight is 723 g/mol. The van der Waals surface area contributed by atoms with Crippen LogP contribution >= 0.6 is 11.3 Å². The van der Waals surface area contributed by atoms with Crippen LogP contribution in [0.25, 0.3) is 91.9 Å². The number of benzene rings is 8. The van der Waals surface area contributed by atoms with E-state index in [1.807, 2.05) is 35.6 Å². The fourth-order valence-electron chi connectivity index (χ4n) is 8.54. The van der Waals surface area contributed by atoms with E-state index in [2.05, 4.69) is 167 Å². The molecule has 55 heavy (non-hydrogen) atoms. The molecule has 0 unspecified atom stereocenters. The molecule has 12 rings (SSSR count). The van der Waals surface area contributed by atoms with Gasteiger partial charge in [0.15, 0.2) is 0 Å². The number of aromatic nitrogens is 1. The standard InChI is InChI=1S/C50H30N2O2S/c1-2-11-32(12-3-1)52-49-36(16-10-17-42(49)48-41-15-6-9-20-47(41)55-50(48)52)31-21-23-33(24-22-31)51(34-25-27-39-37-13-4-7-18-43(37)53-45(39)29-34)35-26-28-40-38-14-5-8-19-44(38)54-46(40)30-35/h1-30H. The summed E-state index contributed by atoms with van der Waals surface area (Å²) in [6.45, 7) is 0. The van der Waals surface area contributed by atoms with Gasteiger partial charge in [0, 0.05) is 82.8 Å². The van der Waals surface area contributed by atoms with Crippen LogP contribution in [0.4, 0.5) is 17.1 Å². The lowest BCUT2D eigenvalue weighted by molar-refractivity contribution is 0.669. The summed E-state index contributed by atoms with van der Waals surface area (Å²) in [6, 6.07) is 64.7. The Labute approximate surface area is 319 Å². The average Bonchev–Trinajstić information content (AvgIpc) is 3.99. The van der Waals surface area contributed by atoms with Gasteiger partial charge in [-0.05, 0) is 72.3 Å². The van der Waals surface area contributed by atoms with Crippen molar-refractivity contribution in [2.45, 2.75) is 0 Å². The molecular formula is C50H30N2O2S. The number of fused-ring (bicyclic) bond motifs is 11. The molecule has 0 aliphatic heterocycles. The molecule has 0 spiro atoms. The van der Waals surface area contributed by atoms with Gasteiger partial charge in [0.25, 0.3) is 0 Å². The number of hydrogen-bond donors (Lipinski definition) is 0. The highest BCUT2D eigenvalue weighted by Gasteiger charge is 2.22. The van der Waals surface area contributed by atoms with Crippen molar-refractivity contribution in [1.82, 2.24) is 4.57 Å². The van der Waals surface area contributed by atoms with E-state index in [1.54, 1.807) is 0 Å². The van der Waals surface area contributed by atoms with Crippen LogP contribution in [0, 0.1) is 0 Å². The Balaban J connectivity index is 1.05. The quantitative estimate of drug-likeness (QED) is 0.177. The second-order valence-electron chi connectivity index (χ2n) is 14.1. The van der Waals surface area contributed by atoms with Crippen LogP contribution in [0.15, 0.2) is 191 Å². The number of rotatable bonds is 5. The highest BCUT2D eigenvalue weighted by molar-refractivity contribution is 7.25. The molecule has 0 saturated heterocycles. The Morgan fingerprint density at radius 3 is 1.64 bits per heavy atom. The first kappa shape index (κ1) is 30.4. The summed E-state index contributed by atoms with van der Waals surface area (Å²) in [5.74, 6) is 0. The Hall–Kier alpha value is -7.08. The summed E-state index contributed by atoms with van der Waals surface area (Å²) in [5.41, 5.74) is 11.2. The van der Waals surface area contributed by atoms with Crippen molar-refractivity contribution >= 4 is 103 Å². The minimum Gasteiger partial charge on any atom is -0.456 e. The molecule has 4 heterocycles. The lowest BCUT2D eigenvalue weighted by Crippen LogP contribution is -2.09. The van der Waals surface area contributed by atoms with Gasteiger partial charge in [-0.15, -0.1) is 11.3 Å². The maximum atomic E-state index is 6.39. The van der Waals surface area contributed by atoms with Crippen molar-refractivity contribution in [3.8, 4) is 16.8 Å². The third-order valence-corrected chi connectivity index (χ3v) is 12.2. The molecule has 0 fully saturated rings. The summed E-state index contributed by atoms with van der Waals surface area (Å²) in [4.78, 5) is 3.55. The van der Waals surface area contributed by atoms with Crippen LogP contribution in [-0.4, -0.2) is 4.57 Å². The summed E-state index contributed by atoms with van der Waals surface area (Å²) in [5, 5.41) is 8.31. The molecule has 0 radical (unpaired) electrons. The van der Waals surface area contributed by atoms with Gasteiger partial charge < -0.3 is 18.3 Å². The number of para-hydroxylation sites is 4. The molecule has 0 bridgehead atoms. The summed E-state index contributed by atoms with van der Waals surface area (Å²) in [7, 11) is 0. The van der Waals surface area contributed by atoms with E-state index in [0.717, 1.165) is 72.2 Å². The molecule has 4 nitrogen and oxygen atoms in total. The summed E-state index contributed by atoms with van der Waals surface area (Å²) < 4.78 is 16.5. The molecular weight excluding hydrogens is 693 g/mol. The van der Waals surface area contributed by atoms with E-state index >= 15 is 0 Å². The van der Waals surface area contributed by atoms with Gasteiger partial charge in [0.05, 0.1) is 5.52 Å². The highest BCUT2D eigenvalue weighted by Crippen LogP contribution is 2.46. The molecule has 258 valence electrons. The van der Waals surface area contributed by atoms with E-state index in [9.17, 15) is 0 Å². The van der Waals surface area contributed by atoms with Gasteiger partial charge in [-0.1, -0.05) is 103 Å². The third-order valence-electron chi connectivity index (χ3n) is 11.0. The zero-order chi connectivity index (χ0) is 36.0. The SMILES string of the molecule is c1ccc(-n2c3sc4ccccc4c3c3cccc(-c4ccc(N(c5ccc6c(c5)oc5ccccc56)c5ccc6c(c5)oc5ccccc56)cc4)c32)cc1. The molecule has 0 amide bonds. The van der Waals surface area contributed by atoms with Gasteiger partial charge in [-0.2, -0.15) is 0 Å². The van der Waals surface area contributed by atoms with Crippen molar-refractivity contribution < 1.29 is 8.83 Å². The first-order chi connectivity index (χ1) is 27.3. The van der Waals surface area contributed by atoms with E-state index < -0.39 is 0 Å². The van der Waals surface area contributed by atoms with Gasteiger partial charge in [-0.25, -0.2) is 0 Å². The first-order valence-electron chi connectivity index (χ1n) is 18.5. The Morgan fingerprint density at radius 2 is 0.964 bits per heavy atom. The Morgan fingerprint density at radius 1 is 0.418 bits per heavy atom. The van der Waals surface area contributed by atoms with Crippen molar-refractivity contribution in [2.75, 3.05) is 4.90 Å². The predicted molar refractivity (Wildman–Crippen MR) is 231 cm³/mol. The monoisotopic (exact) mass is 722 g/mol. The maximum Gasteiger partial charge on any atom is 0.137 e. The number of thiophene rings is 1. The Kier molecular flexibility index (Phi) is 6.47. The molecule has 5 heteroatoms. The van der Waals surface area contributed by atoms with Gasteiger partial charge in [-0.3, -0.25) is 0 Å². The zero-order valence-electron chi connectivity index (χ0n) is 29.4. The van der Waals surface area contributed by atoms with Crippen LogP contribution in [0.2, 0.25) is 0 Å². The summed E-state index contributed by atoms with van der Waals surface area (Å²) >= 11 is 1.86. The number of nitrogens with zero attached hydrogens (tertiary/aromatic N) is 2. The van der Waals surface area contributed by atoms with E-state index in [1.165, 1.54) is 36.8 Å². The van der Waals surface area contributed by atoms with Crippen LogP contribution < -0.4 is 4.90 Å². The van der Waals surface area contributed by atoms with Crippen molar-refractivity contribution in [2.24, 2.45) is 0 Å². The molecule has 0 atom stereocenters. The highest BCUT2D eigenvalue weighted by atomic mass is 32.1. The third kappa shape index (κ3) is 4.57. The van der Waals surface area contributed by atoms with Crippen LogP contribution in [-0.2, 0) is 0 Å². The smallest absolute Gasteiger partial charge is 0.137 e. The molecule has 8 aromatic carbocycles. The van der Waals surface area contributed by atoms with Crippen molar-refractivity contribution in [3.05, 3.63) is 182 Å². The molecule has 0 N–H and O–H groups in total. The molecule has 0 aliphatic carbocycles. The van der Waals surface area contributed by atoms with Gasteiger partial charge in [0.1, 0.15) is 27.2 Å². The fraction of sp³-hybridized carbons (Fsp3) is 0. The van der Waals surface area contributed by atoms with Crippen LogP contribution in [0.1, 0.15) is 0 Å². The zero-order valence-corrected chi connectivity index (χ0v) is 30.3. The number of hydrogen-bond acceptors (Lipinski definition) is 4. The normalized spacial score (nSPS) is 12.0. The van der Waals surface area contributed by atoms with Crippen molar-refractivity contribution in [3.63, 3.8) is 0 Å². The number of furan rings is 2. The van der Waals surface area contributed by atoms with E-state index in [4.69, 9.17) is 8.83 Å². The second kappa shape index (κ2) is 11.7. The Bertz CT molecular complexity index is 3330. The fourth-order valence-corrected chi connectivity index (χ4v) is 9.78. The van der Waals surface area contributed by atoms with Gasteiger partial charge in [0.2, 0.25) is 0 Å². The largest absolute Gasteiger partial charge is 0.456 e. The maximum absolute atomic E-state index is 6.39. The predicted octanol–water partition coefficient (Wildman–Crippen LogP) is 14.9. The lowest BCUT2D eigenvalue weighted by Gasteiger charge is -2.25. The van der Waals surface area contributed by atoms with Crippen molar-refractivity contribution in [1.29, 1.82) is 0 Å². The summed E-state index contributed by atoms with van der Waals surface area (Å²) in [6.07, 6.45) is 0. The molecule has 12 aromatic rings. The topological polar surface area (TPSA) is 34.5 Å². The molecule has 0 aliphatic rings. The van der Waals surface area contributed by atoms with Gasteiger partial charge >= 0.3 is 0 Å². The number of anilines is 3. The van der Waals surface area contributed by atoms with Crippen LogP contribution in [0.5, 0.6) is 0 Å². The lowest BCUT2D eigenvalue weighted by atomic mass is 10.0. The first-order valence-corrected chi connectivity index (χ1v) is 19.3.